The number of phenolic OH excluding ortho intramolecular Hbond substituents is 1. The largest absolute Gasteiger partial charge is 0.507 e. The van der Waals surface area contributed by atoms with Crippen molar-refractivity contribution in [2.24, 2.45) is 11.3 Å². The maximum atomic E-state index is 12.5. The monoisotopic (exact) mass is 261 g/mol. The summed E-state index contributed by atoms with van der Waals surface area (Å²) in [4.78, 5) is 14.3. The molecule has 1 amide bonds. The van der Waals surface area contributed by atoms with Crippen LogP contribution in [0.15, 0.2) is 18.2 Å². The lowest BCUT2D eigenvalue weighted by Crippen LogP contribution is -2.31. The second-order valence-corrected chi connectivity index (χ2v) is 6.57. The highest BCUT2D eigenvalue weighted by Crippen LogP contribution is 2.34. The predicted molar refractivity (Wildman–Crippen MR) is 76.3 cm³/mol. The highest BCUT2D eigenvalue weighted by atomic mass is 16.3. The normalized spacial score (nSPS) is 19.8. The molecule has 0 aromatic heterocycles. The molecule has 3 nitrogen and oxygen atoms in total. The van der Waals surface area contributed by atoms with Gasteiger partial charge in [-0.15, -0.1) is 0 Å². The third-order valence-electron chi connectivity index (χ3n) is 4.17. The van der Waals surface area contributed by atoms with Gasteiger partial charge in [0.1, 0.15) is 5.75 Å². The van der Waals surface area contributed by atoms with Gasteiger partial charge in [-0.3, -0.25) is 4.79 Å². The molecule has 1 unspecified atom stereocenters. The Bertz CT molecular complexity index is 488. The Hall–Kier alpha value is -1.51. The number of para-hydroxylation sites is 1. The number of phenols is 1. The number of carbonyl (C=O) groups is 1. The Balaban J connectivity index is 2.16. The van der Waals surface area contributed by atoms with Crippen molar-refractivity contribution in [1.82, 2.24) is 4.90 Å². The Labute approximate surface area is 115 Å². The van der Waals surface area contributed by atoms with E-state index in [1.54, 1.807) is 6.07 Å². The average molecular weight is 261 g/mol. The second kappa shape index (κ2) is 4.87. The van der Waals surface area contributed by atoms with Crippen LogP contribution in [-0.2, 0) is 0 Å². The minimum absolute atomic E-state index is 0.0482. The number of benzene rings is 1. The van der Waals surface area contributed by atoms with Crippen LogP contribution in [0.3, 0.4) is 0 Å². The number of hydrogen-bond acceptors (Lipinski definition) is 2. The molecule has 19 heavy (non-hydrogen) atoms. The van der Waals surface area contributed by atoms with Crippen LogP contribution in [-0.4, -0.2) is 29.0 Å². The number of nitrogens with zero attached hydrogens (tertiary/aromatic N) is 1. The summed E-state index contributed by atoms with van der Waals surface area (Å²) in [5.41, 5.74) is 1.40. The van der Waals surface area contributed by atoms with Gasteiger partial charge in [-0.05, 0) is 36.3 Å². The van der Waals surface area contributed by atoms with Crippen molar-refractivity contribution < 1.29 is 9.90 Å². The Kier molecular flexibility index (Phi) is 3.57. The van der Waals surface area contributed by atoms with Crippen LogP contribution in [0.5, 0.6) is 5.75 Å². The number of aromatic hydroxyl groups is 1. The number of amides is 1. The van der Waals surface area contributed by atoms with Gasteiger partial charge in [-0.2, -0.15) is 0 Å². The van der Waals surface area contributed by atoms with Crippen molar-refractivity contribution in [1.29, 1.82) is 0 Å². The van der Waals surface area contributed by atoms with Gasteiger partial charge in [-0.25, -0.2) is 0 Å². The molecule has 104 valence electrons. The van der Waals surface area contributed by atoms with Gasteiger partial charge in [-0.1, -0.05) is 32.9 Å². The highest BCUT2D eigenvalue weighted by Gasteiger charge is 2.34. The molecule has 1 aromatic rings. The van der Waals surface area contributed by atoms with Crippen LogP contribution in [0.1, 0.15) is 43.1 Å². The van der Waals surface area contributed by atoms with Crippen LogP contribution in [0, 0.1) is 18.3 Å². The summed E-state index contributed by atoms with van der Waals surface area (Å²) in [6, 6.07) is 5.34. The zero-order chi connectivity index (χ0) is 14.2. The van der Waals surface area contributed by atoms with Gasteiger partial charge >= 0.3 is 0 Å². The van der Waals surface area contributed by atoms with E-state index in [-0.39, 0.29) is 17.1 Å². The minimum atomic E-state index is -0.0482. The first-order chi connectivity index (χ1) is 8.80. The Morgan fingerprint density at radius 3 is 2.63 bits per heavy atom. The SMILES string of the molecule is Cc1cccc(C(=O)N2CCC(C(C)(C)C)C2)c1O. The van der Waals surface area contributed by atoms with Crippen LogP contribution in [0.2, 0.25) is 0 Å². The van der Waals surface area contributed by atoms with Crippen LogP contribution >= 0.6 is 0 Å². The third kappa shape index (κ3) is 2.75. The fraction of sp³-hybridized carbons (Fsp3) is 0.562. The van der Waals surface area contributed by atoms with Gasteiger partial charge < -0.3 is 10.0 Å². The topological polar surface area (TPSA) is 40.5 Å². The lowest BCUT2D eigenvalue weighted by Gasteiger charge is -2.27. The van der Waals surface area contributed by atoms with Crippen LogP contribution in [0.4, 0.5) is 0 Å². The molecule has 3 heteroatoms. The first kappa shape index (κ1) is 13.9. The van der Waals surface area contributed by atoms with E-state index in [4.69, 9.17) is 0 Å². The first-order valence-electron chi connectivity index (χ1n) is 6.88. The number of carbonyl (C=O) groups excluding carboxylic acids is 1. The fourth-order valence-corrected chi connectivity index (χ4v) is 2.65. The molecule has 2 rings (SSSR count). The van der Waals surface area contributed by atoms with Crippen molar-refractivity contribution >= 4 is 5.91 Å². The molecule has 1 fully saturated rings. The molecule has 1 N–H and O–H groups in total. The standard InChI is InChI=1S/C16H23NO2/c1-11-6-5-7-13(14(11)18)15(19)17-9-8-12(10-17)16(2,3)4/h5-7,12,18H,8-10H2,1-4H3. The highest BCUT2D eigenvalue weighted by molar-refractivity contribution is 5.97. The molecule has 1 aromatic carbocycles. The van der Waals surface area contributed by atoms with Gasteiger partial charge in [0, 0.05) is 13.1 Å². The molecule has 0 bridgehead atoms. The molecule has 0 aliphatic carbocycles. The van der Waals surface area contributed by atoms with Gasteiger partial charge in [0.05, 0.1) is 5.56 Å². The minimum Gasteiger partial charge on any atom is -0.507 e. The van der Waals surface area contributed by atoms with Crippen molar-refractivity contribution in [2.75, 3.05) is 13.1 Å². The van der Waals surface area contributed by atoms with Crippen molar-refractivity contribution in [3.63, 3.8) is 0 Å². The van der Waals surface area contributed by atoms with E-state index in [1.807, 2.05) is 24.0 Å². The molecule has 0 radical (unpaired) electrons. The van der Waals surface area contributed by atoms with Gasteiger partial charge in [0.25, 0.3) is 5.91 Å². The molecule has 0 saturated carbocycles. The van der Waals surface area contributed by atoms with Crippen LogP contribution in [0.25, 0.3) is 0 Å². The maximum absolute atomic E-state index is 12.5. The maximum Gasteiger partial charge on any atom is 0.257 e. The zero-order valence-corrected chi connectivity index (χ0v) is 12.2. The molecule has 0 spiro atoms. The van der Waals surface area contributed by atoms with Crippen molar-refractivity contribution in [3.05, 3.63) is 29.3 Å². The number of aryl methyl sites for hydroxylation is 1. The van der Waals surface area contributed by atoms with E-state index >= 15 is 0 Å². The third-order valence-corrected chi connectivity index (χ3v) is 4.17. The summed E-state index contributed by atoms with van der Waals surface area (Å²) in [5, 5.41) is 10.0. The van der Waals surface area contributed by atoms with Gasteiger partial charge in [0.2, 0.25) is 0 Å². The predicted octanol–water partition coefficient (Wildman–Crippen LogP) is 3.21. The summed E-state index contributed by atoms with van der Waals surface area (Å²) in [5.74, 6) is 0.600. The Morgan fingerprint density at radius 2 is 2.05 bits per heavy atom. The van der Waals surface area contributed by atoms with E-state index in [0.29, 0.717) is 11.5 Å². The number of rotatable bonds is 1. The molecule has 1 aliphatic heterocycles. The summed E-state index contributed by atoms with van der Waals surface area (Å²) in [7, 11) is 0. The van der Waals surface area contributed by atoms with E-state index in [9.17, 15) is 9.90 Å². The molecule has 1 atom stereocenters. The van der Waals surface area contributed by atoms with E-state index in [1.165, 1.54) is 0 Å². The summed E-state index contributed by atoms with van der Waals surface area (Å²) in [6.45, 7) is 10.0. The van der Waals surface area contributed by atoms with E-state index in [0.717, 1.165) is 25.1 Å². The van der Waals surface area contributed by atoms with Crippen LogP contribution < -0.4 is 0 Å². The quantitative estimate of drug-likeness (QED) is 0.843. The van der Waals surface area contributed by atoms with Gasteiger partial charge in [0.15, 0.2) is 0 Å². The lowest BCUT2D eigenvalue weighted by atomic mass is 9.80. The second-order valence-electron chi connectivity index (χ2n) is 6.57. The fourth-order valence-electron chi connectivity index (χ4n) is 2.65. The molecular weight excluding hydrogens is 238 g/mol. The number of hydrogen-bond donors (Lipinski definition) is 1. The average Bonchev–Trinajstić information content (AvgIpc) is 2.81. The number of likely N-dealkylation sites (tertiary alicyclic amines) is 1. The van der Waals surface area contributed by atoms with Crippen molar-refractivity contribution in [3.8, 4) is 5.75 Å². The van der Waals surface area contributed by atoms with E-state index in [2.05, 4.69) is 20.8 Å². The first-order valence-corrected chi connectivity index (χ1v) is 6.88. The summed E-state index contributed by atoms with van der Waals surface area (Å²) < 4.78 is 0. The molecular formula is C16H23NO2. The lowest BCUT2D eigenvalue weighted by molar-refractivity contribution is 0.0773. The Morgan fingerprint density at radius 1 is 1.37 bits per heavy atom. The molecule has 1 saturated heterocycles. The molecule has 1 aliphatic rings. The summed E-state index contributed by atoms with van der Waals surface area (Å²) in [6.07, 6.45) is 1.04. The van der Waals surface area contributed by atoms with Crippen molar-refractivity contribution in [2.45, 2.75) is 34.1 Å². The smallest absolute Gasteiger partial charge is 0.257 e. The van der Waals surface area contributed by atoms with E-state index < -0.39 is 0 Å². The molecule has 1 heterocycles. The summed E-state index contributed by atoms with van der Waals surface area (Å²) >= 11 is 0. The zero-order valence-electron chi connectivity index (χ0n) is 12.2.